The van der Waals surface area contributed by atoms with Gasteiger partial charge in [0.05, 0.1) is 10.9 Å². The molecule has 1 atom stereocenters. The first kappa shape index (κ1) is 18.7. The highest BCUT2D eigenvalue weighted by Crippen LogP contribution is 2.27. The molecule has 0 fully saturated rings. The number of hydrogen-bond acceptors (Lipinski definition) is 5. The molecule has 0 aliphatic heterocycles. The Balaban J connectivity index is 1.73. The minimum atomic E-state index is -0.412. The number of thioether (sulfide) groups is 1. The lowest BCUT2D eigenvalue weighted by molar-refractivity contribution is -0.115. The van der Waals surface area contributed by atoms with E-state index in [2.05, 4.69) is 20.8 Å². The standard InChI is InChI=1S/C17H15Cl2N5OS/c1-10-14(19)4-3-5-15(10)20-16(25)11(2)26-17-21-22-23-24(17)13-8-6-12(18)7-9-13/h3-9,11H,1-2H3,(H,20,25). The number of hydrogen-bond donors (Lipinski definition) is 1. The second-order valence-corrected chi connectivity index (χ2v) is 7.66. The molecular formula is C17H15Cl2N5OS. The number of nitrogens with zero attached hydrogens (tertiary/aromatic N) is 4. The van der Waals surface area contributed by atoms with Gasteiger partial charge in [-0.2, -0.15) is 4.68 Å². The van der Waals surface area contributed by atoms with E-state index in [-0.39, 0.29) is 5.91 Å². The second kappa shape index (κ2) is 8.07. The van der Waals surface area contributed by atoms with Crippen LogP contribution in [0.3, 0.4) is 0 Å². The predicted molar refractivity (Wildman–Crippen MR) is 104 cm³/mol. The van der Waals surface area contributed by atoms with Crippen molar-refractivity contribution in [2.24, 2.45) is 0 Å². The number of carbonyl (C=O) groups excluding carboxylic acids is 1. The molecule has 0 saturated carbocycles. The summed E-state index contributed by atoms with van der Waals surface area (Å²) in [5.74, 6) is -0.161. The Kier molecular flexibility index (Phi) is 5.80. The average Bonchev–Trinajstić information content (AvgIpc) is 3.07. The SMILES string of the molecule is Cc1c(Cl)cccc1NC(=O)C(C)Sc1nnnn1-c1ccc(Cl)cc1. The number of rotatable bonds is 5. The summed E-state index contributed by atoms with van der Waals surface area (Å²) in [6.07, 6.45) is 0. The highest BCUT2D eigenvalue weighted by atomic mass is 35.5. The summed E-state index contributed by atoms with van der Waals surface area (Å²) in [7, 11) is 0. The molecule has 1 aromatic heterocycles. The van der Waals surface area contributed by atoms with Crippen molar-refractivity contribution in [1.82, 2.24) is 20.2 Å². The van der Waals surface area contributed by atoms with Crippen molar-refractivity contribution in [2.45, 2.75) is 24.3 Å². The van der Waals surface area contributed by atoms with Gasteiger partial charge in [0.15, 0.2) is 0 Å². The monoisotopic (exact) mass is 407 g/mol. The Morgan fingerprint density at radius 1 is 1.19 bits per heavy atom. The first-order chi connectivity index (χ1) is 12.5. The first-order valence-corrected chi connectivity index (χ1v) is 9.36. The fraction of sp³-hybridized carbons (Fsp3) is 0.176. The Morgan fingerprint density at radius 3 is 2.65 bits per heavy atom. The summed E-state index contributed by atoms with van der Waals surface area (Å²) < 4.78 is 1.56. The molecule has 0 spiro atoms. The van der Waals surface area contributed by atoms with Crippen molar-refractivity contribution >= 4 is 46.6 Å². The third-order valence-corrected chi connectivity index (χ3v) is 5.38. The summed E-state index contributed by atoms with van der Waals surface area (Å²) in [5, 5.41) is 15.9. The molecule has 1 heterocycles. The lowest BCUT2D eigenvalue weighted by Crippen LogP contribution is -2.23. The third-order valence-electron chi connectivity index (χ3n) is 3.69. The van der Waals surface area contributed by atoms with Gasteiger partial charge in [0, 0.05) is 15.7 Å². The topological polar surface area (TPSA) is 72.7 Å². The fourth-order valence-corrected chi connectivity index (χ4v) is 3.29. The van der Waals surface area contributed by atoms with E-state index in [1.807, 2.05) is 25.1 Å². The minimum Gasteiger partial charge on any atom is -0.325 e. The second-order valence-electron chi connectivity index (χ2n) is 5.51. The summed E-state index contributed by atoms with van der Waals surface area (Å²) in [6, 6.07) is 12.5. The van der Waals surface area contributed by atoms with Crippen LogP contribution in [-0.4, -0.2) is 31.4 Å². The van der Waals surface area contributed by atoms with Crippen molar-refractivity contribution in [3.8, 4) is 5.69 Å². The van der Waals surface area contributed by atoms with E-state index in [0.29, 0.717) is 20.9 Å². The van der Waals surface area contributed by atoms with Crippen LogP contribution in [0.4, 0.5) is 5.69 Å². The van der Waals surface area contributed by atoms with Crippen molar-refractivity contribution in [3.05, 3.63) is 58.1 Å². The van der Waals surface area contributed by atoms with Crippen LogP contribution in [0.15, 0.2) is 47.6 Å². The van der Waals surface area contributed by atoms with E-state index in [9.17, 15) is 4.79 Å². The normalized spacial score (nSPS) is 12.0. The van der Waals surface area contributed by atoms with Crippen molar-refractivity contribution in [1.29, 1.82) is 0 Å². The maximum absolute atomic E-state index is 12.5. The van der Waals surface area contributed by atoms with Crippen molar-refractivity contribution < 1.29 is 4.79 Å². The number of amides is 1. The molecule has 0 bridgehead atoms. The van der Waals surface area contributed by atoms with E-state index >= 15 is 0 Å². The van der Waals surface area contributed by atoms with Gasteiger partial charge in [-0.1, -0.05) is 41.0 Å². The maximum Gasteiger partial charge on any atom is 0.237 e. The molecule has 1 N–H and O–H groups in total. The van der Waals surface area contributed by atoms with Gasteiger partial charge >= 0.3 is 0 Å². The summed E-state index contributed by atoms with van der Waals surface area (Å²) in [4.78, 5) is 12.5. The molecule has 134 valence electrons. The largest absolute Gasteiger partial charge is 0.325 e. The van der Waals surface area contributed by atoms with Crippen LogP contribution in [0.5, 0.6) is 0 Å². The zero-order valence-electron chi connectivity index (χ0n) is 14.0. The van der Waals surface area contributed by atoms with Crippen LogP contribution in [0.1, 0.15) is 12.5 Å². The molecule has 1 unspecified atom stereocenters. The van der Waals surface area contributed by atoms with Crippen LogP contribution < -0.4 is 5.32 Å². The van der Waals surface area contributed by atoms with Crippen molar-refractivity contribution in [2.75, 3.05) is 5.32 Å². The molecule has 26 heavy (non-hydrogen) atoms. The molecule has 3 aromatic rings. The van der Waals surface area contributed by atoms with Gasteiger partial charge in [0.25, 0.3) is 0 Å². The van der Waals surface area contributed by atoms with Crippen LogP contribution in [-0.2, 0) is 4.79 Å². The zero-order valence-corrected chi connectivity index (χ0v) is 16.3. The number of anilines is 1. The smallest absolute Gasteiger partial charge is 0.237 e. The molecule has 0 aliphatic rings. The van der Waals surface area contributed by atoms with Crippen molar-refractivity contribution in [3.63, 3.8) is 0 Å². The quantitative estimate of drug-likeness (QED) is 0.634. The highest BCUT2D eigenvalue weighted by Gasteiger charge is 2.20. The summed E-state index contributed by atoms with van der Waals surface area (Å²) >= 11 is 13.3. The van der Waals surface area contributed by atoms with Crippen LogP contribution in [0, 0.1) is 6.92 Å². The Labute approximate surface area is 164 Å². The Bertz CT molecular complexity index is 929. The van der Waals surface area contributed by atoms with Gasteiger partial charge in [0.1, 0.15) is 0 Å². The van der Waals surface area contributed by atoms with Crippen LogP contribution in [0.25, 0.3) is 5.69 Å². The van der Waals surface area contributed by atoms with E-state index in [1.165, 1.54) is 11.8 Å². The molecular weight excluding hydrogens is 393 g/mol. The molecule has 0 aliphatic carbocycles. The molecule has 0 radical (unpaired) electrons. The van der Waals surface area contributed by atoms with E-state index in [0.717, 1.165) is 11.3 Å². The average molecular weight is 408 g/mol. The number of benzene rings is 2. The third kappa shape index (κ3) is 4.17. The molecule has 9 heteroatoms. The Morgan fingerprint density at radius 2 is 1.92 bits per heavy atom. The van der Waals surface area contributed by atoms with Gasteiger partial charge in [-0.15, -0.1) is 5.10 Å². The fourth-order valence-electron chi connectivity index (χ4n) is 2.19. The van der Waals surface area contributed by atoms with E-state index < -0.39 is 5.25 Å². The molecule has 6 nitrogen and oxygen atoms in total. The summed E-state index contributed by atoms with van der Waals surface area (Å²) in [5.41, 5.74) is 2.28. The van der Waals surface area contributed by atoms with Gasteiger partial charge in [0.2, 0.25) is 11.1 Å². The van der Waals surface area contributed by atoms with Gasteiger partial charge in [-0.05, 0) is 66.2 Å². The number of aromatic nitrogens is 4. The van der Waals surface area contributed by atoms with E-state index in [4.69, 9.17) is 23.2 Å². The predicted octanol–water partition coefficient (Wildman–Crippen LogP) is 4.40. The van der Waals surface area contributed by atoms with Gasteiger partial charge in [-0.3, -0.25) is 4.79 Å². The molecule has 1 amide bonds. The zero-order chi connectivity index (χ0) is 18.7. The van der Waals surface area contributed by atoms with Crippen LogP contribution >= 0.6 is 35.0 Å². The first-order valence-electron chi connectivity index (χ1n) is 7.72. The molecule has 0 saturated heterocycles. The maximum atomic E-state index is 12.5. The molecule has 3 rings (SSSR count). The molecule has 2 aromatic carbocycles. The summed E-state index contributed by atoms with van der Waals surface area (Å²) in [6.45, 7) is 3.65. The Hall–Kier alpha value is -2.09. The van der Waals surface area contributed by atoms with Gasteiger partial charge < -0.3 is 5.32 Å². The highest BCUT2D eigenvalue weighted by molar-refractivity contribution is 8.00. The van der Waals surface area contributed by atoms with Crippen LogP contribution in [0.2, 0.25) is 10.0 Å². The van der Waals surface area contributed by atoms with E-state index in [1.54, 1.807) is 35.9 Å². The van der Waals surface area contributed by atoms with Gasteiger partial charge in [-0.25, -0.2) is 0 Å². The minimum absolute atomic E-state index is 0.161. The number of nitrogens with one attached hydrogen (secondary N) is 1. The number of halogens is 2. The number of tetrazole rings is 1. The lowest BCUT2D eigenvalue weighted by Gasteiger charge is -2.13. The number of carbonyl (C=O) groups is 1. The lowest BCUT2D eigenvalue weighted by atomic mass is 10.2.